The summed E-state index contributed by atoms with van der Waals surface area (Å²) in [6.07, 6.45) is 2.12. The van der Waals surface area contributed by atoms with E-state index in [0.29, 0.717) is 11.1 Å². The third-order valence-electron chi connectivity index (χ3n) is 4.21. The van der Waals surface area contributed by atoms with Crippen molar-refractivity contribution in [2.45, 2.75) is 32.7 Å². The van der Waals surface area contributed by atoms with Gasteiger partial charge in [0.1, 0.15) is 0 Å². The van der Waals surface area contributed by atoms with E-state index in [4.69, 9.17) is 4.74 Å². The van der Waals surface area contributed by atoms with Crippen LogP contribution < -0.4 is 4.74 Å². The predicted octanol–water partition coefficient (Wildman–Crippen LogP) is 3.23. The molecule has 1 fully saturated rings. The van der Waals surface area contributed by atoms with Crippen molar-refractivity contribution >= 4 is 17.2 Å². The van der Waals surface area contributed by atoms with Crippen LogP contribution in [0.2, 0.25) is 0 Å². The number of hydrogen-bond donors (Lipinski definition) is 0. The highest BCUT2D eigenvalue weighted by atomic mass is 32.1. The van der Waals surface area contributed by atoms with Crippen LogP contribution in [0, 0.1) is 5.92 Å². The minimum absolute atomic E-state index is 0.0286. The summed E-state index contributed by atoms with van der Waals surface area (Å²) in [6.45, 7) is 5.19. The standard InChI is InChI=1S/C17H21N3O2S/c1-12-8-9-20(13(2)10-12)15(21)11-22-17-19-18-16(23-17)14-6-4-3-5-7-14/h3-7,12-13H,8-11H2,1-2H3. The summed E-state index contributed by atoms with van der Waals surface area (Å²) in [5.74, 6) is 0.715. The largest absolute Gasteiger partial charge is 0.459 e. The van der Waals surface area contributed by atoms with Crippen molar-refractivity contribution in [2.75, 3.05) is 13.2 Å². The van der Waals surface area contributed by atoms with Crippen molar-refractivity contribution in [2.24, 2.45) is 5.92 Å². The van der Waals surface area contributed by atoms with Crippen molar-refractivity contribution in [1.29, 1.82) is 0 Å². The fraction of sp³-hybridized carbons (Fsp3) is 0.471. The normalized spacial score (nSPS) is 21.2. The maximum Gasteiger partial charge on any atom is 0.294 e. The summed E-state index contributed by atoms with van der Waals surface area (Å²) in [5.41, 5.74) is 1.00. The van der Waals surface area contributed by atoms with Gasteiger partial charge in [0.2, 0.25) is 0 Å². The molecular formula is C17H21N3O2S. The highest BCUT2D eigenvalue weighted by Crippen LogP contribution is 2.27. The van der Waals surface area contributed by atoms with Crippen LogP contribution in [0.4, 0.5) is 0 Å². The maximum absolute atomic E-state index is 12.3. The highest BCUT2D eigenvalue weighted by Gasteiger charge is 2.27. The van der Waals surface area contributed by atoms with E-state index in [2.05, 4.69) is 24.0 Å². The summed E-state index contributed by atoms with van der Waals surface area (Å²) < 4.78 is 5.55. The lowest BCUT2D eigenvalue weighted by Crippen LogP contribution is -2.46. The first-order valence-electron chi connectivity index (χ1n) is 7.94. The summed E-state index contributed by atoms with van der Waals surface area (Å²) in [4.78, 5) is 14.2. The van der Waals surface area contributed by atoms with Crippen LogP contribution in [-0.4, -0.2) is 40.2 Å². The van der Waals surface area contributed by atoms with Crippen molar-refractivity contribution < 1.29 is 9.53 Å². The second-order valence-corrected chi connectivity index (χ2v) is 7.03. The van der Waals surface area contributed by atoms with Crippen molar-refractivity contribution in [3.63, 3.8) is 0 Å². The molecule has 1 amide bonds. The van der Waals surface area contributed by atoms with Crippen molar-refractivity contribution in [3.8, 4) is 15.8 Å². The number of aromatic nitrogens is 2. The number of rotatable bonds is 4. The van der Waals surface area contributed by atoms with Gasteiger partial charge in [-0.25, -0.2) is 0 Å². The molecule has 2 unspecified atom stereocenters. The summed E-state index contributed by atoms with van der Waals surface area (Å²) in [6, 6.07) is 10.1. The second kappa shape index (κ2) is 7.08. The molecule has 0 N–H and O–H groups in total. The molecule has 0 saturated carbocycles. The molecule has 1 aromatic heterocycles. The molecule has 1 aliphatic rings. The SMILES string of the molecule is CC1CCN(C(=O)COc2nnc(-c3ccccc3)s2)C(C)C1. The molecule has 5 nitrogen and oxygen atoms in total. The van der Waals surface area contributed by atoms with Gasteiger partial charge in [-0.1, -0.05) is 53.7 Å². The minimum atomic E-state index is 0.0286. The molecule has 3 rings (SSSR count). The Morgan fingerprint density at radius 2 is 2.09 bits per heavy atom. The van der Waals surface area contributed by atoms with E-state index in [1.165, 1.54) is 11.3 Å². The van der Waals surface area contributed by atoms with Gasteiger partial charge in [-0.15, -0.1) is 5.10 Å². The average molecular weight is 331 g/mol. The van der Waals surface area contributed by atoms with E-state index in [1.807, 2.05) is 35.2 Å². The molecule has 0 aliphatic carbocycles. The van der Waals surface area contributed by atoms with Gasteiger partial charge in [-0.2, -0.15) is 0 Å². The van der Waals surface area contributed by atoms with Gasteiger partial charge >= 0.3 is 0 Å². The Morgan fingerprint density at radius 1 is 1.30 bits per heavy atom. The molecule has 0 radical (unpaired) electrons. The third-order valence-corrected chi connectivity index (χ3v) is 5.09. The Kier molecular flexibility index (Phi) is 4.91. The molecule has 1 saturated heterocycles. The zero-order valence-electron chi connectivity index (χ0n) is 13.4. The number of carbonyl (C=O) groups excluding carboxylic acids is 1. The topological polar surface area (TPSA) is 55.3 Å². The van der Waals surface area contributed by atoms with E-state index in [9.17, 15) is 4.79 Å². The fourth-order valence-electron chi connectivity index (χ4n) is 2.95. The smallest absolute Gasteiger partial charge is 0.294 e. The molecule has 23 heavy (non-hydrogen) atoms. The van der Waals surface area contributed by atoms with Crippen LogP contribution >= 0.6 is 11.3 Å². The van der Waals surface area contributed by atoms with Crippen LogP contribution in [0.3, 0.4) is 0 Å². The van der Waals surface area contributed by atoms with E-state index in [1.54, 1.807) is 0 Å². The summed E-state index contributed by atoms with van der Waals surface area (Å²) in [5, 5.41) is 9.38. The number of benzene rings is 1. The van der Waals surface area contributed by atoms with E-state index < -0.39 is 0 Å². The predicted molar refractivity (Wildman–Crippen MR) is 90.4 cm³/mol. The third kappa shape index (κ3) is 3.88. The number of piperidine rings is 1. The number of nitrogens with zero attached hydrogens (tertiary/aromatic N) is 3. The molecule has 2 atom stereocenters. The Bertz CT molecular complexity index is 659. The number of hydrogen-bond acceptors (Lipinski definition) is 5. The Morgan fingerprint density at radius 3 is 2.83 bits per heavy atom. The molecule has 1 aromatic carbocycles. The van der Waals surface area contributed by atoms with Crippen LogP contribution in [-0.2, 0) is 4.79 Å². The molecule has 1 aliphatic heterocycles. The maximum atomic E-state index is 12.3. The Labute approximate surface area is 140 Å². The zero-order chi connectivity index (χ0) is 16.2. The number of likely N-dealkylation sites (tertiary alicyclic amines) is 1. The molecule has 2 aromatic rings. The molecule has 122 valence electrons. The molecular weight excluding hydrogens is 310 g/mol. The van der Waals surface area contributed by atoms with Crippen LogP contribution in [0.15, 0.2) is 30.3 Å². The summed E-state index contributed by atoms with van der Waals surface area (Å²) in [7, 11) is 0. The lowest BCUT2D eigenvalue weighted by Gasteiger charge is -2.36. The lowest BCUT2D eigenvalue weighted by atomic mass is 9.93. The van der Waals surface area contributed by atoms with Crippen molar-refractivity contribution in [1.82, 2.24) is 15.1 Å². The van der Waals surface area contributed by atoms with Gasteiger partial charge < -0.3 is 9.64 Å². The van der Waals surface area contributed by atoms with Gasteiger partial charge in [-0.05, 0) is 25.7 Å². The number of carbonyl (C=O) groups is 1. The van der Waals surface area contributed by atoms with Gasteiger partial charge in [0, 0.05) is 18.2 Å². The average Bonchev–Trinajstić information content (AvgIpc) is 3.02. The van der Waals surface area contributed by atoms with Gasteiger partial charge in [0.25, 0.3) is 11.1 Å². The van der Waals surface area contributed by atoms with Crippen LogP contribution in [0.5, 0.6) is 5.19 Å². The van der Waals surface area contributed by atoms with E-state index >= 15 is 0 Å². The van der Waals surface area contributed by atoms with Crippen molar-refractivity contribution in [3.05, 3.63) is 30.3 Å². The number of ether oxygens (including phenoxy) is 1. The first-order valence-corrected chi connectivity index (χ1v) is 8.76. The summed E-state index contributed by atoms with van der Waals surface area (Å²) >= 11 is 1.36. The van der Waals surface area contributed by atoms with Gasteiger partial charge in [0.15, 0.2) is 11.6 Å². The molecule has 0 bridgehead atoms. The quantitative estimate of drug-likeness (QED) is 0.863. The van der Waals surface area contributed by atoms with E-state index in [0.717, 1.165) is 30.0 Å². The monoisotopic (exact) mass is 331 g/mol. The fourth-order valence-corrected chi connectivity index (χ4v) is 3.65. The molecule has 0 spiro atoms. The van der Waals surface area contributed by atoms with Gasteiger partial charge in [-0.3, -0.25) is 4.79 Å². The second-order valence-electron chi connectivity index (χ2n) is 6.09. The Balaban J connectivity index is 1.56. The first kappa shape index (κ1) is 15.9. The van der Waals surface area contributed by atoms with E-state index in [-0.39, 0.29) is 18.6 Å². The zero-order valence-corrected chi connectivity index (χ0v) is 14.3. The van der Waals surface area contributed by atoms with Crippen LogP contribution in [0.25, 0.3) is 10.6 Å². The van der Waals surface area contributed by atoms with Crippen LogP contribution in [0.1, 0.15) is 26.7 Å². The highest BCUT2D eigenvalue weighted by molar-refractivity contribution is 7.16. The lowest BCUT2D eigenvalue weighted by molar-refractivity contribution is -0.137. The van der Waals surface area contributed by atoms with Gasteiger partial charge in [0.05, 0.1) is 0 Å². The minimum Gasteiger partial charge on any atom is -0.459 e. The Hall–Kier alpha value is -1.95. The molecule has 6 heteroatoms. The first-order chi connectivity index (χ1) is 11.1. The number of amides is 1. The molecule has 2 heterocycles.